The Kier molecular flexibility index (Phi) is 3.96. The Hall–Kier alpha value is -3.53. The molecule has 0 fully saturated rings. The monoisotopic (exact) mass is 372 g/mol. The van der Waals surface area contributed by atoms with Gasteiger partial charge in [0.15, 0.2) is 17.8 Å². The van der Waals surface area contributed by atoms with Crippen LogP contribution in [0.15, 0.2) is 58.0 Å². The first-order chi connectivity index (χ1) is 13.0. The first kappa shape index (κ1) is 16.9. The topological polar surface area (TPSA) is 112 Å². The molecule has 27 heavy (non-hydrogen) atoms. The van der Waals surface area contributed by atoms with Crippen LogP contribution >= 0.6 is 0 Å². The molecular formula is C17H15FN5O4+. The van der Waals surface area contributed by atoms with Gasteiger partial charge in [0.05, 0.1) is 11.4 Å². The number of fused-ring (bicyclic) bond motifs is 1. The quantitative estimate of drug-likeness (QED) is 0.630. The number of para-hydroxylation sites is 1. The molecule has 0 saturated carbocycles. The maximum atomic E-state index is 14.8. The predicted octanol–water partition coefficient (Wildman–Crippen LogP) is 0.749. The SMILES string of the molecule is O=C1NCCOc2ccccc2C(C(=O)O)NC2=NC3=C1C=N[N+]3(F)C=C2. The summed E-state index contributed by atoms with van der Waals surface area (Å²) in [6, 6.07) is 5.48. The molecule has 2 unspecified atom stereocenters. The summed E-state index contributed by atoms with van der Waals surface area (Å²) in [7, 11) is 0. The zero-order chi connectivity index (χ0) is 19.0. The minimum Gasteiger partial charge on any atom is -0.491 e. The van der Waals surface area contributed by atoms with Crippen molar-refractivity contribution in [2.75, 3.05) is 13.2 Å². The van der Waals surface area contributed by atoms with Crippen LogP contribution < -0.4 is 15.4 Å². The maximum Gasteiger partial charge on any atom is 0.331 e. The number of benzene rings is 1. The van der Waals surface area contributed by atoms with E-state index in [2.05, 4.69) is 20.7 Å². The van der Waals surface area contributed by atoms with E-state index in [0.29, 0.717) is 11.3 Å². The van der Waals surface area contributed by atoms with Crippen molar-refractivity contribution in [3.63, 3.8) is 0 Å². The second-order valence-electron chi connectivity index (χ2n) is 5.95. The number of amidine groups is 1. The number of aliphatic imine (C=N–C) groups is 1. The lowest BCUT2D eigenvalue weighted by Gasteiger charge is -2.21. The van der Waals surface area contributed by atoms with E-state index in [0.717, 1.165) is 12.4 Å². The Bertz CT molecular complexity index is 954. The van der Waals surface area contributed by atoms with Crippen molar-refractivity contribution >= 4 is 23.9 Å². The van der Waals surface area contributed by atoms with Gasteiger partial charge in [-0.2, -0.15) is 4.99 Å². The number of nitrogens with one attached hydrogen (secondary N) is 2. The van der Waals surface area contributed by atoms with Crippen LogP contribution in [0.5, 0.6) is 5.75 Å². The van der Waals surface area contributed by atoms with Gasteiger partial charge in [-0.1, -0.05) is 18.2 Å². The van der Waals surface area contributed by atoms with E-state index < -0.39 is 22.7 Å². The molecule has 1 amide bonds. The number of hydrogen-bond donors (Lipinski definition) is 3. The molecule has 2 atom stereocenters. The molecule has 3 N–H and O–H groups in total. The van der Waals surface area contributed by atoms with E-state index in [4.69, 9.17) is 4.74 Å². The highest BCUT2D eigenvalue weighted by molar-refractivity contribution is 6.13. The lowest BCUT2D eigenvalue weighted by molar-refractivity contribution is -0.987. The molecule has 4 rings (SSSR count). The molecule has 1 aromatic carbocycles. The van der Waals surface area contributed by atoms with Crippen molar-refractivity contribution < 1.29 is 28.7 Å². The number of carboxylic acid groups (broad SMARTS) is 1. The van der Waals surface area contributed by atoms with E-state index in [1.165, 1.54) is 6.08 Å². The van der Waals surface area contributed by atoms with Gasteiger partial charge in [0.25, 0.3) is 5.91 Å². The number of rotatable bonds is 1. The average molecular weight is 372 g/mol. The highest BCUT2D eigenvalue weighted by atomic mass is 19.2. The highest BCUT2D eigenvalue weighted by Gasteiger charge is 2.45. The fourth-order valence-corrected chi connectivity index (χ4v) is 2.92. The lowest BCUT2D eigenvalue weighted by Crippen LogP contribution is -2.37. The summed E-state index contributed by atoms with van der Waals surface area (Å²) in [5.74, 6) is -1.49. The fraction of sp³-hybridized carbons (Fsp3) is 0.176. The Balaban J connectivity index is 1.80. The maximum absolute atomic E-state index is 14.8. The second-order valence-corrected chi connectivity index (χ2v) is 5.95. The number of carboxylic acids is 1. The Morgan fingerprint density at radius 1 is 1.37 bits per heavy atom. The number of nitrogens with zero attached hydrogens (tertiary/aromatic N) is 3. The van der Waals surface area contributed by atoms with Gasteiger partial charge >= 0.3 is 11.8 Å². The van der Waals surface area contributed by atoms with Crippen LogP contribution in [0.25, 0.3) is 0 Å². The standard InChI is InChI=1S/C17H14FN5O4/c18-23-7-5-13-21-14(17(25)26)10-3-1-2-4-12(10)27-8-6-19-16(24)11(9-20-23)15(23)22-13/h1-5,7,9,14H,6,8H2,(H2-,19,20,21,22,24,25,26)/p+1. The van der Waals surface area contributed by atoms with Crippen molar-refractivity contribution in [3.8, 4) is 5.75 Å². The summed E-state index contributed by atoms with van der Waals surface area (Å²) >= 11 is 0. The second kappa shape index (κ2) is 6.32. The van der Waals surface area contributed by atoms with Gasteiger partial charge in [-0.25, -0.2) is 4.79 Å². The van der Waals surface area contributed by atoms with Crippen LogP contribution in [0, 0.1) is 0 Å². The van der Waals surface area contributed by atoms with Gasteiger partial charge in [-0.15, -0.1) is 0 Å². The van der Waals surface area contributed by atoms with Gasteiger partial charge in [-0.3, -0.25) is 4.79 Å². The number of carbonyl (C=O) groups excluding carboxylic acids is 1. The Labute approximate surface area is 152 Å². The molecule has 1 aromatic rings. The van der Waals surface area contributed by atoms with E-state index in [1.54, 1.807) is 24.3 Å². The lowest BCUT2D eigenvalue weighted by atomic mass is 10.1. The van der Waals surface area contributed by atoms with Crippen LogP contribution in [-0.2, 0) is 9.59 Å². The summed E-state index contributed by atoms with van der Waals surface area (Å²) in [5.41, 5.74) is 0.347. The zero-order valence-corrected chi connectivity index (χ0v) is 13.9. The van der Waals surface area contributed by atoms with Gasteiger partial charge in [0.2, 0.25) is 0 Å². The third-order valence-electron chi connectivity index (χ3n) is 4.21. The molecule has 0 spiro atoms. The van der Waals surface area contributed by atoms with Crippen molar-refractivity contribution in [3.05, 3.63) is 53.5 Å². The molecular weight excluding hydrogens is 357 g/mol. The van der Waals surface area contributed by atoms with Gasteiger partial charge in [0.1, 0.15) is 24.4 Å². The molecule has 0 aromatic heterocycles. The summed E-state index contributed by atoms with van der Waals surface area (Å²) in [6.07, 6.45) is 3.45. The number of ether oxygens (including phenoxy) is 1. The molecule has 2 bridgehead atoms. The molecule has 10 heteroatoms. The van der Waals surface area contributed by atoms with Crippen molar-refractivity contribution in [1.29, 1.82) is 0 Å². The first-order valence-electron chi connectivity index (χ1n) is 8.14. The van der Waals surface area contributed by atoms with Crippen molar-refractivity contribution in [2.24, 2.45) is 10.1 Å². The van der Waals surface area contributed by atoms with E-state index >= 15 is 0 Å². The number of quaternary nitrogens is 1. The number of amides is 1. The Morgan fingerprint density at radius 3 is 3.00 bits per heavy atom. The molecule has 3 aliphatic rings. The van der Waals surface area contributed by atoms with Crippen LogP contribution in [0.3, 0.4) is 0 Å². The summed E-state index contributed by atoms with van der Waals surface area (Å²) in [5, 5.41) is 18.7. The largest absolute Gasteiger partial charge is 0.491 e. The highest BCUT2D eigenvalue weighted by Crippen LogP contribution is 2.33. The number of aliphatic carboxylic acids is 1. The van der Waals surface area contributed by atoms with E-state index in [1.807, 2.05) is 0 Å². The van der Waals surface area contributed by atoms with Crippen LogP contribution in [0.4, 0.5) is 4.48 Å². The first-order valence-corrected chi connectivity index (χ1v) is 8.14. The van der Waals surface area contributed by atoms with E-state index in [-0.39, 0.29) is 30.4 Å². The van der Waals surface area contributed by atoms with Crippen LogP contribution in [0.2, 0.25) is 0 Å². The minimum absolute atomic E-state index is 0.0372. The average Bonchev–Trinajstić information content (AvgIpc) is 3.00. The van der Waals surface area contributed by atoms with Gasteiger partial charge < -0.3 is 20.5 Å². The number of hydrogen-bond acceptors (Lipinski definition) is 6. The summed E-state index contributed by atoms with van der Waals surface area (Å²) < 4.78 is 20.5. The van der Waals surface area contributed by atoms with Crippen LogP contribution in [-0.4, -0.2) is 47.0 Å². The molecule has 3 aliphatic heterocycles. The van der Waals surface area contributed by atoms with Gasteiger partial charge in [-0.05, 0) is 11.2 Å². The molecule has 0 aliphatic carbocycles. The minimum atomic E-state index is -1.50. The molecule has 138 valence electrons. The summed E-state index contributed by atoms with van der Waals surface area (Å²) in [6.45, 7) is 0.248. The molecule has 0 radical (unpaired) electrons. The summed E-state index contributed by atoms with van der Waals surface area (Å²) in [4.78, 5) is 26.8. The zero-order valence-electron chi connectivity index (χ0n) is 13.9. The van der Waals surface area contributed by atoms with Crippen molar-refractivity contribution in [2.45, 2.75) is 6.04 Å². The molecule has 9 nitrogen and oxygen atoms in total. The molecule has 3 heterocycles. The third kappa shape index (κ3) is 2.95. The number of halogens is 1. The predicted molar refractivity (Wildman–Crippen MR) is 91.9 cm³/mol. The number of carbonyl (C=O) groups is 2. The van der Waals surface area contributed by atoms with Crippen LogP contribution in [0.1, 0.15) is 11.6 Å². The van der Waals surface area contributed by atoms with Gasteiger partial charge in [0, 0.05) is 16.1 Å². The normalized spacial score (nSPS) is 26.5. The fourth-order valence-electron chi connectivity index (χ4n) is 2.92. The Morgan fingerprint density at radius 2 is 2.19 bits per heavy atom. The molecule has 0 saturated heterocycles. The smallest absolute Gasteiger partial charge is 0.331 e. The third-order valence-corrected chi connectivity index (χ3v) is 4.21. The van der Waals surface area contributed by atoms with Crippen molar-refractivity contribution in [1.82, 2.24) is 10.6 Å². The van der Waals surface area contributed by atoms with E-state index in [9.17, 15) is 19.2 Å².